The van der Waals surface area contributed by atoms with E-state index in [-0.39, 0.29) is 30.9 Å². The molecular formula is C19H17F2N3O2. The summed E-state index contributed by atoms with van der Waals surface area (Å²) in [6, 6.07) is 15.4. The Labute approximate surface area is 149 Å². The summed E-state index contributed by atoms with van der Waals surface area (Å²) in [5.74, 6) is -0.994. The van der Waals surface area contributed by atoms with E-state index in [0.29, 0.717) is 0 Å². The molecule has 2 aromatic carbocycles. The van der Waals surface area contributed by atoms with E-state index in [1.165, 1.54) is 17.2 Å². The van der Waals surface area contributed by atoms with E-state index >= 15 is 0 Å². The third-order valence-electron chi connectivity index (χ3n) is 3.55. The summed E-state index contributed by atoms with van der Waals surface area (Å²) in [5.41, 5.74) is 1.69. The third-order valence-corrected chi connectivity index (χ3v) is 3.55. The fourth-order valence-electron chi connectivity index (χ4n) is 2.17. The second-order valence-corrected chi connectivity index (χ2v) is 5.50. The first kappa shape index (κ1) is 17.8. The van der Waals surface area contributed by atoms with Gasteiger partial charge in [0.25, 0.3) is 0 Å². The smallest absolute Gasteiger partial charge is 0.318 e. The summed E-state index contributed by atoms with van der Waals surface area (Å²) in [4.78, 5) is 13.4. The maximum atomic E-state index is 14.0. The molecule has 3 rings (SSSR count). The normalized spacial score (nSPS) is 10.6. The summed E-state index contributed by atoms with van der Waals surface area (Å²) in [6.07, 6.45) is 1.02. The lowest BCUT2D eigenvalue weighted by atomic mass is 10.2. The van der Waals surface area contributed by atoms with Gasteiger partial charge >= 0.3 is 6.01 Å². The van der Waals surface area contributed by atoms with Crippen molar-refractivity contribution in [3.8, 4) is 6.01 Å². The predicted molar refractivity (Wildman–Crippen MR) is 92.4 cm³/mol. The van der Waals surface area contributed by atoms with Crippen molar-refractivity contribution in [3.05, 3.63) is 83.6 Å². The van der Waals surface area contributed by atoms with Crippen LogP contribution in [0.2, 0.25) is 0 Å². The number of hydrogen-bond donors (Lipinski definition) is 0. The first-order valence-corrected chi connectivity index (χ1v) is 7.92. The number of rotatable bonds is 7. The van der Waals surface area contributed by atoms with E-state index in [4.69, 9.17) is 9.57 Å². The number of nitrogens with zero attached hydrogens (tertiary/aromatic N) is 3. The first-order valence-electron chi connectivity index (χ1n) is 7.92. The lowest BCUT2D eigenvalue weighted by Gasteiger charge is -2.18. The largest absolute Gasteiger partial charge is 0.459 e. The molecule has 0 bridgehead atoms. The van der Waals surface area contributed by atoms with Gasteiger partial charge in [0.2, 0.25) is 0 Å². The van der Waals surface area contributed by atoms with Gasteiger partial charge in [0.1, 0.15) is 12.4 Å². The maximum Gasteiger partial charge on any atom is 0.318 e. The standard InChI is InChI=1S/C19H17F2N3O2/c1-24(26-13-14-5-3-2-4-6-14)18-17(21)11-22-19(23-18)25-12-15-7-9-16(20)10-8-15/h2-11H,12-13H2,1H3. The van der Waals surface area contributed by atoms with Crippen molar-refractivity contribution in [2.75, 3.05) is 12.1 Å². The Balaban J connectivity index is 1.63. The van der Waals surface area contributed by atoms with Gasteiger partial charge in [-0.05, 0) is 23.3 Å². The number of halogens is 2. The molecule has 0 N–H and O–H groups in total. The van der Waals surface area contributed by atoms with E-state index in [1.807, 2.05) is 30.3 Å². The maximum absolute atomic E-state index is 14.0. The van der Waals surface area contributed by atoms with Gasteiger partial charge in [-0.15, -0.1) is 0 Å². The topological polar surface area (TPSA) is 47.5 Å². The van der Waals surface area contributed by atoms with Gasteiger partial charge in [-0.2, -0.15) is 4.98 Å². The Kier molecular flexibility index (Phi) is 5.70. The summed E-state index contributed by atoms with van der Waals surface area (Å²) >= 11 is 0. The Morgan fingerprint density at radius 1 is 0.923 bits per heavy atom. The van der Waals surface area contributed by atoms with Crippen molar-refractivity contribution in [3.63, 3.8) is 0 Å². The van der Waals surface area contributed by atoms with Crippen LogP contribution in [-0.4, -0.2) is 17.0 Å². The molecule has 0 aliphatic rings. The Morgan fingerprint density at radius 2 is 1.62 bits per heavy atom. The van der Waals surface area contributed by atoms with Crippen molar-refractivity contribution in [2.45, 2.75) is 13.2 Å². The molecule has 1 heterocycles. The van der Waals surface area contributed by atoms with Crippen LogP contribution in [0.1, 0.15) is 11.1 Å². The first-order chi connectivity index (χ1) is 12.6. The molecule has 0 saturated carbocycles. The molecule has 0 spiro atoms. The lowest BCUT2D eigenvalue weighted by Crippen LogP contribution is -2.20. The highest BCUT2D eigenvalue weighted by atomic mass is 19.1. The van der Waals surface area contributed by atoms with Gasteiger partial charge in [-0.1, -0.05) is 42.5 Å². The zero-order valence-corrected chi connectivity index (χ0v) is 14.1. The van der Waals surface area contributed by atoms with Crippen molar-refractivity contribution in [1.29, 1.82) is 0 Å². The van der Waals surface area contributed by atoms with Crippen molar-refractivity contribution < 1.29 is 18.4 Å². The lowest BCUT2D eigenvalue weighted by molar-refractivity contribution is 0.104. The molecule has 0 radical (unpaired) electrons. The number of aromatic nitrogens is 2. The Morgan fingerprint density at radius 3 is 2.35 bits per heavy atom. The van der Waals surface area contributed by atoms with Crippen molar-refractivity contribution in [2.24, 2.45) is 0 Å². The van der Waals surface area contributed by atoms with Gasteiger partial charge in [-0.3, -0.25) is 4.84 Å². The van der Waals surface area contributed by atoms with Crippen LogP contribution in [0.25, 0.3) is 0 Å². The predicted octanol–water partition coefficient (Wildman–Crippen LogP) is 3.90. The summed E-state index contributed by atoms with van der Waals surface area (Å²) in [5, 5.41) is 1.23. The quantitative estimate of drug-likeness (QED) is 0.600. The summed E-state index contributed by atoms with van der Waals surface area (Å²) in [6.45, 7) is 0.409. The van der Waals surface area contributed by atoms with Gasteiger partial charge < -0.3 is 4.74 Å². The molecule has 0 fully saturated rings. The molecule has 5 nitrogen and oxygen atoms in total. The van der Waals surface area contributed by atoms with Crippen LogP contribution < -0.4 is 9.80 Å². The summed E-state index contributed by atoms with van der Waals surface area (Å²) < 4.78 is 32.4. The van der Waals surface area contributed by atoms with Crippen molar-refractivity contribution in [1.82, 2.24) is 9.97 Å². The Hall–Kier alpha value is -3.06. The molecule has 7 heteroatoms. The fraction of sp³-hybridized carbons (Fsp3) is 0.158. The fourth-order valence-corrected chi connectivity index (χ4v) is 2.17. The highest BCUT2D eigenvalue weighted by molar-refractivity contribution is 5.36. The van der Waals surface area contributed by atoms with Crippen LogP contribution in [0.5, 0.6) is 6.01 Å². The molecule has 0 saturated heterocycles. The summed E-state index contributed by atoms with van der Waals surface area (Å²) in [7, 11) is 1.55. The van der Waals surface area contributed by atoms with Crippen LogP contribution in [0.3, 0.4) is 0 Å². The van der Waals surface area contributed by atoms with E-state index in [1.54, 1.807) is 19.2 Å². The van der Waals surface area contributed by atoms with E-state index in [0.717, 1.165) is 17.3 Å². The number of benzene rings is 2. The van der Waals surface area contributed by atoms with Gasteiger partial charge in [0.15, 0.2) is 11.6 Å². The minimum atomic E-state index is -0.630. The molecule has 0 aliphatic heterocycles. The van der Waals surface area contributed by atoms with Crippen molar-refractivity contribution >= 4 is 5.82 Å². The third kappa shape index (κ3) is 4.73. The van der Waals surface area contributed by atoms with E-state index < -0.39 is 5.82 Å². The molecule has 0 unspecified atom stereocenters. The molecule has 3 aromatic rings. The second-order valence-electron chi connectivity index (χ2n) is 5.50. The number of anilines is 1. The zero-order chi connectivity index (χ0) is 18.4. The number of hydroxylamine groups is 1. The van der Waals surface area contributed by atoms with Crippen LogP contribution in [0.15, 0.2) is 60.8 Å². The second kappa shape index (κ2) is 8.35. The van der Waals surface area contributed by atoms with Crippen LogP contribution >= 0.6 is 0 Å². The number of hydrogen-bond acceptors (Lipinski definition) is 5. The van der Waals surface area contributed by atoms with Gasteiger partial charge in [0, 0.05) is 7.05 Å². The van der Waals surface area contributed by atoms with Crippen LogP contribution in [0, 0.1) is 11.6 Å². The van der Waals surface area contributed by atoms with Crippen LogP contribution in [0.4, 0.5) is 14.6 Å². The van der Waals surface area contributed by atoms with E-state index in [9.17, 15) is 8.78 Å². The highest BCUT2D eigenvalue weighted by Crippen LogP contribution is 2.19. The van der Waals surface area contributed by atoms with Crippen LogP contribution in [-0.2, 0) is 18.1 Å². The zero-order valence-electron chi connectivity index (χ0n) is 14.1. The van der Waals surface area contributed by atoms with Gasteiger partial charge in [-0.25, -0.2) is 18.8 Å². The minimum absolute atomic E-state index is 0.000820. The Bertz CT molecular complexity index is 845. The molecule has 26 heavy (non-hydrogen) atoms. The average molecular weight is 357 g/mol. The van der Waals surface area contributed by atoms with E-state index in [2.05, 4.69) is 9.97 Å². The molecule has 0 aliphatic carbocycles. The monoisotopic (exact) mass is 357 g/mol. The van der Waals surface area contributed by atoms with Gasteiger partial charge in [0.05, 0.1) is 12.8 Å². The molecule has 0 amide bonds. The average Bonchev–Trinajstić information content (AvgIpc) is 2.67. The highest BCUT2D eigenvalue weighted by Gasteiger charge is 2.13. The molecule has 0 atom stereocenters. The minimum Gasteiger partial charge on any atom is -0.459 e. The number of ether oxygens (including phenoxy) is 1. The molecule has 1 aromatic heterocycles. The SMILES string of the molecule is CN(OCc1ccccc1)c1nc(OCc2ccc(F)cc2)ncc1F. The molecular weight excluding hydrogens is 340 g/mol. The molecule has 134 valence electrons.